The van der Waals surface area contributed by atoms with Crippen LogP contribution in [0.1, 0.15) is 32.7 Å². The molecule has 120 valence electrons. The molecule has 1 fully saturated rings. The van der Waals surface area contributed by atoms with E-state index in [1.165, 1.54) is 4.31 Å². The van der Waals surface area contributed by atoms with Crippen molar-refractivity contribution in [1.29, 1.82) is 0 Å². The first kappa shape index (κ1) is 15.5. The first-order valence-electron chi connectivity index (χ1n) is 7.55. The smallest absolute Gasteiger partial charge is 0.243 e. The van der Waals surface area contributed by atoms with E-state index in [9.17, 15) is 13.5 Å². The Labute approximate surface area is 130 Å². The van der Waals surface area contributed by atoms with Gasteiger partial charge in [0.2, 0.25) is 10.0 Å². The molecule has 1 aliphatic rings. The third-order valence-corrected chi connectivity index (χ3v) is 6.14. The number of benzene rings is 1. The molecule has 0 amide bonds. The van der Waals surface area contributed by atoms with Crippen LogP contribution in [0, 0.1) is 0 Å². The van der Waals surface area contributed by atoms with Gasteiger partial charge in [-0.05, 0) is 44.9 Å². The standard InChI is InChI=1S/C15H21N3O3S/c1-11(2)18-15-6-5-14(8-12(15)9-16-18)22(20,21)17-7-3-4-13(17)10-19/h5-6,8-9,11,13,19H,3-4,7,10H2,1-2H3. The summed E-state index contributed by atoms with van der Waals surface area (Å²) < 4.78 is 28.8. The Morgan fingerprint density at radius 2 is 2.18 bits per heavy atom. The van der Waals surface area contributed by atoms with E-state index in [4.69, 9.17) is 0 Å². The highest BCUT2D eigenvalue weighted by Gasteiger charge is 2.34. The quantitative estimate of drug-likeness (QED) is 0.930. The molecule has 1 unspecified atom stereocenters. The number of sulfonamides is 1. The van der Waals surface area contributed by atoms with Gasteiger partial charge in [0.05, 0.1) is 23.2 Å². The van der Waals surface area contributed by atoms with E-state index in [-0.39, 0.29) is 23.6 Å². The molecule has 1 aliphatic heterocycles. The predicted molar refractivity (Wildman–Crippen MR) is 84.1 cm³/mol. The molecular formula is C15H21N3O3S. The third-order valence-electron chi connectivity index (χ3n) is 4.20. The van der Waals surface area contributed by atoms with Crippen LogP contribution in [-0.2, 0) is 10.0 Å². The molecule has 0 saturated carbocycles. The third kappa shape index (κ3) is 2.43. The van der Waals surface area contributed by atoms with Crippen molar-refractivity contribution in [2.45, 2.75) is 43.7 Å². The number of aliphatic hydroxyl groups excluding tert-OH is 1. The number of hydrogen-bond donors (Lipinski definition) is 1. The lowest BCUT2D eigenvalue weighted by atomic mass is 10.2. The fraction of sp³-hybridized carbons (Fsp3) is 0.533. The van der Waals surface area contributed by atoms with Crippen LogP contribution >= 0.6 is 0 Å². The summed E-state index contributed by atoms with van der Waals surface area (Å²) in [4.78, 5) is 0.267. The van der Waals surface area contributed by atoms with E-state index in [0.29, 0.717) is 13.0 Å². The van der Waals surface area contributed by atoms with E-state index < -0.39 is 10.0 Å². The van der Waals surface area contributed by atoms with Crippen molar-refractivity contribution >= 4 is 20.9 Å². The maximum absolute atomic E-state index is 12.8. The lowest BCUT2D eigenvalue weighted by molar-refractivity contribution is 0.213. The lowest BCUT2D eigenvalue weighted by Gasteiger charge is -2.22. The Balaban J connectivity index is 2.03. The lowest BCUT2D eigenvalue weighted by Crippen LogP contribution is -2.37. The molecule has 22 heavy (non-hydrogen) atoms. The van der Waals surface area contributed by atoms with E-state index in [2.05, 4.69) is 5.10 Å². The first-order valence-corrected chi connectivity index (χ1v) is 8.99. The summed E-state index contributed by atoms with van der Waals surface area (Å²) in [5, 5.41) is 14.5. The summed E-state index contributed by atoms with van der Waals surface area (Å²) in [6.45, 7) is 4.41. The fourth-order valence-corrected chi connectivity index (χ4v) is 4.77. The van der Waals surface area contributed by atoms with Gasteiger partial charge >= 0.3 is 0 Å². The van der Waals surface area contributed by atoms with Crippen LogP contribution in [0.5, 0.6) is 0 Å². The van der Waals surface area contributed by atoms with Gasteiger partial charge in [-0.15, -0.1) is 0 Å². The van der Waals surface area contributed by atoms with Gasteiger partial charge in [0.25, 0.3) is 0 Å². The van der Waals surface area contributed by atoms with Crippen molar-refractivity contribution in [2.75, 3.05) is 13.2 Å². The SMILES string of the molecule is CC(C)n1ncc2cc(S(=O)(=O)N3CCCC3CO)ccc21. The van der Waals surface area contributed by atoms with Crippen LogP contribution in [0.15, 0.2) is 29.3 Å². The van der Waals surface area contributed by atoms with Crippen molar-refractivity contribution in [3.8, 4) is 0 Å². The maximum Gasteiger partial charge on any atom is 0.243 e. The van der Waals surface area contributed by atoms with Crippen LogP contribution in [0.3, 0.4) is 0 Å². The minimum absolute atomic E-state index is 0.132. The van der Waals surface area contributed by atoms with Crippen LogP contribution in [-0.4, -0.2) is 46.8 Å². The highest BCUT2D eigenvalue weighted by Crippen LogP contribution is 2.28. The molecule has 0 spiro atoms. The molecule has 6 nitrogen and oxygen atoms in total. The average Bonchev–Trinajstić information content (AvgIpc) is 3.13. The predicted octanol–water partition coefficient (Wildman–Crippen LogP) is 1.76. The van der Waals surface area contributed by atoms with Gasteiger partial charge in [-0.25, -0.2) is 8.42 Å². The second-order valence-corrected chi connectivity index (χ2v) is 7.89. The van der Waals surface area contributed by atoms with Crippen molar-refractivity contribution < 1.29 is 13.5 Å². The van der Waals surface area contributed by atoms with E-state index in [1.54, 1.807) is 24.4 Å². The van der Waals surface area contributed by atoms with Gasteiger partial charge in [0, 0.05) is 24.0 Å². The Kier molecular flexibility index (Phi) is 3.96. The number of aromatic nitrogens is 2. The topological polar surface area (TPSA) is 75.4 Å². The number of rotatable bonds is 4. The minimum atomic E-state index is -3.57. The molecule has 1 aromatic carbocycles. The summed E-state index contributed by atoms with van der Waals surface area (Å²) in [5.74, 6) is 0. The van der Waals surface area contributed by atoms with Gasteiger partial charge in [0.1, 0.15) is 0 Å². The summed E-state index contributed by atoms with van der Waals surface area (Å²) in [6, 6.07) is 5.02. The monoisotopic (exact) mass is 323 g/mol. The molecule has 1 atom stereocenters. The van der Waals surface area contributed by atoms with Crippen LogP contribution < -0.4 is 0 Å². The Morgan fingerprint density at radius 3 is 2.86 bits per heavy atom. The number of fused-ring (bicyclic) bond motifs is 1. The highest BCUT2D eigenvalue weighted by atomic mass is 32.2. The summed E-state index contributed by atoms with van der Waals surface area (Å²) in [6.07, 6.45) is 3.20. The molecule has 2 aromatic rings. The molecule has 3 rings (SSSR count). The Bertz CT molecular complexity index is 782. The van der Waals surface area contributed by atoms with Gasteiger partial charge < -0.3 is 5.11 Å². The molecule has 0 bridgehead atoms. The fourth-order valence-electron chi connectivity index (χ4n) is 3.05. The molecule has 1 aromatic heterocycles. The molecule has 1 saturated heterocycles. The zero-order chi connectivity index (χ0) is 15.9. The van der Waals surface area contributed by atoms with Crippen molar-refractivity contribution in [3.05, 3.63) is 24.4 Å². The second-order valence-electron chi connectivity index (χ2n) is 6.00. The molecule has 1 N–H and O–H groups in total. The van der Waals surface area contributed by atoms with Gasteiger partial charge in [-0.2, -0.15) is 9.40 Å². The van der Waals surface area contributed by atoms with Crippen molar-refractivity contribution in [1.82, 2.24) is 14.1 Å². The normalized spacial score (nSPS) is 20.3. The van der Waals surface area contributed by atoms with Gasteiger partial charge in [-0.1, -0.05) is 0 Å². The van der Waals surface area contributed by atoms with Crippen molar-refractivity contribution in [3.63, 3.8) is 0 Å². The van der Waals surface area contributed by atoms with Crippen LogP contribution in [0.4, 0.5) is 0 Å². The van der Waals surface area contributed by atoms with Crippen LogP contribution in [0.2, 0.25) is 0 Å². The average molecular weight is 323 g/mol. The molecule has 0 aliphatic carbocycles. The zero-order valence-corrected chi connectivity index (χ0v) is 13.6. The number of nitrogens with zero attached hydrogens (tertiary/aromatic N) is 3. The number of hydrogen-bond acceptors (Lipinski definition) is 4. The highest BCUT2D eigenvalue weighted by molar-refractivity contribution is 7.89. The molecule has 2 heterocycles. The first-order chi connectivity index (χ1) is 10.4. The minimum Gasteiger partial charge on any atom is -0.395 e. The summed E-state index contributed by atoms with van der Waals surface area (Å²) in [7, 11) is -3.57. The summed E-state index contributed by atoms with van der Waals surface area (Å²) >= 11 is 0. The maximum atomic E-state index is 12.8. The summed E-state index contributed by atoms with van der Waals surface area (Å²) in [5.41, 5.74) is 0.925. The molecular weight excluding hydrogens is 302 g/mol. The Hall–Kier alpha value is -1.44. The largest absolute Gasteiger partial charge is 0.395 e. The van der Waals surface area contributed by atoms with E-state index in [1.807, 2.05) is 18.5 Å². The molecule has 7 heteroatoms. The van der Waals surface area contributed by atoms with E-state index >= 15 is 0 Å². The van der Waals surface area contributed by atoms with E-state index in [0.717, 1.165) is 17.3 Å². The number of aliphatic hydroxyl groups is 1. The molecule has 0 radical (unpaired) electrons. The zero-order valence-electron chi connectivity index (χ0n) is 12.8. The van der Waals surface area contributed by atoms with Gasteiger partial charge in [0.15, 0.2) is 0 Å². The Morgan fingerprint density at radius 1 is 1.41 bits per heavy atom. The van der Waals surface area contributed by atoms with Gasteiger partial charge in [-0.3, -0.25) is 4.68 Å². The van der Waals surface area contributed by atoms with Crippen LogP contribution in [0.25, 0.3) is 10.9 Å². The second kappa shape index (κ2) is 5.64. The van der Waals surface area contributed by atoms with Crippen molar-refractivity contribution in [2.24, 2.45) is 0 Å².